The molecule has 1 fully saturated rings. The Hall–Kier alpha value is -1.89. The second-order valence-electron chi connectivity index (χ2n) is 7.53. The maximum Gasteiger partial charge on any atom is 0.241 e. The van der Waals surface area contributed by atoms with Gasteiger partial charge in [0.15, 0.2) is 0 Å². The van der Waals surface area contributed by atoms with Crippen molar-refractivity contribution in [3.05, 3.63) is 46.2 Å². The van der Waals surface area contributed by atoms with E-state index < -0.39 is 0 Å². The molecule has 2 aliphatic rings. The van der Waals surface area contributed by atoms with Gasteiger partial charge in [-0.25, -0.2) is 0 Å². The number of methoxy groups -OCH3 is 1. The van der Waals surface area contributed by atoms with E-state index in [1.165, 1.54) is 10.4 Å². The van der Waals surface area contributed by atoms with Gasteiger partial charge < -0.3 is 14.4 Å². The van der Waals surface area contributed by atoms with E-state index in [-0.39, 0.29) is 12.0 Å². The second kappa shape index (κ2) is 9.07. The lowest BCUT2D eigenvalue weighted by molar-refractivity contribution is -0.120. The van der Waals surface area contributed by atoms with E-state index >= 15 is 0 Å². The van der Waals surface area contributed by atoms with E-state index in [4.69, 9.17) is 9.47 Å². The number of nitrogens with zero attached hydrogens (tertiary/aromatic N) is 2. The van der Waals surface area contributed by atoms with Gasteiger partial charge in [-0.2, -0.15) is 0 Å². The van der Waals surface area contributed by atoms with Crippen LogP contribution in [0.15, 0.2) is 35.7 Å². The van der Waals surface area contributed by atoms with Gasteiger partial charge in [0.2, 0.25) is 5.91 Å². The van der Waals surface area contributed by atoms with Crippen molar-refractivity contribution in [1.82, 2.24) is 4.90 Å². The van der Waals surface area contributed by atoms with Gasteiger partial charge in [-0.05, 0) is 60.9 Å². The van der Waals surface area contributed by atoms with Crippen LogP contribution in [0, 0.1) is 0 Å². The van der Waals surface area contributed by atoms with E-state index in [1.807, 2.05) is 17.0 Å². The molecule has 5 nitrogen and oxygen atoms in total. The Kier molecular flexibility index (Phi) is 6.29. The van der Waals surface area contributed by atoms with Crippen LogP contribution in [-0.4, -0.2) is 50.3 Å². The third kappa shape index (κ3) is 4.57. The molecule has 2 aliphatic heterocycles. The molecule has 0 unspecified atom stereocenters. The molecule has 4 rings (SSSR count). The molecule has 1 amide bonds. The first-order chi connectivity index (χ1) is 13.7. The highest BCUT2D eigenvalue weighted by Gasteiger charge is 2.26. The average molecular weight is 401 g/mol. The van der Waals surface area contributed by atoms with Crippen molar-refractivity contribution < 1.29 is 14.3 Å². The van der Waals surface area contributed by atoms with Crippen LogP contribution in [0.2, 0.25) is 0 Å². The maximum atomic E-state index is 13.2. The molecule has 0 bridgehead atoms. The van der Waals surface area contributed by atoms with E-state index in [1.54, 1.807) is 18.4 Å². The Bertz CT molecular complexity index is 787. The zero-order valence-corrected chi connectivity index (χ0v) is 17.2. The summed E-state index contributed by atoms with van der Waals surface area (Å²) in [5.74, 6) is 1.02. The number of rotatable bonds is 7. The quantitative estimate of drug-likeness (QED) is 0.710. The predicted octanol–water partition coefficient (Wildman–Crippen LogP) is 3.72. The minimum atomic E-state index is 0.167. The molecule has 28 heavy (non-hydrogen) atoms. The molecule has 0 saturated carbocycles. The molecule has 1 saturated heterocycles. The van der Waals surface area contributed by atoms with Crippen LogP contribution < -0.4 is 9.64 Å². The van der Waals surface area contributed by atoms with Crippen LogP contribution in [0.5, 0.6) is 5.75 Å². The standard InChI is InChI=1S/C22H28N2O3S/c1-26-18-8-9-21-17(13-18)5-2-10-24(21)22(25)16-23(14-19-6-3-11-27-19)15-20-7-4-12-28-20/h4,7-9,12-13,19H,2-3,5-6,10-11,14-16H2,1H3/t19-/m1/s1. The van der Waals surface area contributed by atoms with Gasteiger partial charge in [-0.15, -0.1) is 11.3 Å². The van der Waals surface area contributed by atoms with Crippen LogP contribution in [0.25, 0.3) is 0 Å². The van der Waals surface area contributed by atoms with Crippen molar-refractivity contribution in [1.29, 1.82) is 0 Å². The Morgan fingerprint density at radius 1 is 1.36 bits per heavy atom. The monoisotopic (exact) mass is 400 g/mol. The summed E-state index contributed by atoms with van der Waals surface area (Å²) in [4.78, 5) is 18.7. The number of carbonyl (C=O) groups is 1. The first-order valence-electron chi connectivity index (χ1n) is 10.1. The van der Waals surface area contributed by atoms with Crippen LogP contribution in [0.1, 0.15) is 29.7 Å². The summed E-state index contributed by atoms with van der Waals surface area (Å²) in [6.07, 6.45) is 4.42. The van der Waals surface area contributed by atoms with E-state index in [0.29, 0.717) is 6.54 Å². The normalized spacial score (nSPS) is 19.1. The molecule has 1 aromatic carbocycles. The lowest BCUT2D eigenvalue weighted by atomic mass is 10.0. The molecule has 150 valence electrons. The Morgan fingerprint density at radius 3 is 3.04 bits per heavy atom. The van der Waals surface area contributed by atoms with E-state index in [9.17, 15) is 4.79 Å². The third-order valence-corrected chi connectivity index (χ3v) is 6.37. The zero-order chi connectivity index (χ0) is 19.3. The number of amides is 1. The summed E-state index contributed by atoms with van der Waals surface area (Å²) >= 11 is 1.74. The van der Waals surface area contributed by atoms with Crippen molar-refractivity contribution in [3.63, 3.8) is 0 Å². The molecule has 3 heterocycles. The topological polar surface area (TPSA) is 42.0 Å². The number of carbonyl (C=O) groups excluding carboxylic acids is 1. The first kappa shape index (κ1) is 19.4. The van der Waals surface area contributed by atoms with Crippen LogP contribution in [0.4, 0.5) is 5.69 Å². The SMILES string of the molecule is COc1ccc2c(c1)CCCN2C(=O)CN(Cc1cccs1)C[C@H]1CCCO1. The fourth-order valence-electron chi connectivity index (χ4n) is 4.12. The molecule has 0 N–H and O–H groups in total. The fourth-order valence-corrected chi connectivity index (χ4v) is 4.87. The fraction of sp³-hybridized carbons (Fsp3) is 0.500. The predicted molar refractivity (Wildman–Crippen MR) is 112 cm³/mol. The second-order valence-corrected chi connectivity index (χ2v) is 8.56. The van der Waals surface area contributed by atoms with Crippen LogP contribution >= 0.6 is 11.3 Å². The molecule has 2 aromatic rings. The smallest absolute Gasteiger partial charge is 0.241 e. The molecule has 1 atom stereocenters. The Balaban J connectivity index is 1.47. The summed E-state index contributed by atoms with van der Waals surface area (Å²) in [6.45, 7) is 3.65. The Morgan fingerprint density at radius 2 is 2.29 bits per heavy atom. The number of ether oxygens (including phenoxy) is 2. The van der Waals surface area contributed by atoms with Crippen molar-refractivity contribution in [2.24, 2.45) is 0 Å². The molecule has 0 aliphatic carbocycles. The molecular formula is C22H28N2O3S. The molecule has 6 heteroatoms. The highest BCUT2D eigenvalue weighted by Crippen LogP contribution is 2.31. The Labute approximate surface area is 170 Å². The number of anilines is 1. The van der Waals surface area contributed by atoms with Gasteiger partial charge in [0.1, 0.15) is 5.75 Å². The average Bonchev–Trinajstić information content (AvgIpc) is 3.41. The highest BCUT2D eigenvalue weighted by molar-refractivity contribution is 7.09. The first-order valence-corrected chi connectivity index (χ1v) is 10.9. The van der Waals surface area contributed by atoms with Crippen molar-refractivity contribution >= 4 is 22.9 Å². The number of hydrogen-bond donors (Lipinski definition) is 0. The summed E-state index contributed by atoms with van der Waals surface area (Å²) in [5.41, 5.74) is 2.23. The summed E-state index contributed by atoms with van der Waals surface area (Å²) < 4.78 is 11.2. The number of hydrogen-bond acceptors (Lipinski definition) is 5. The summed E-state index contributed by atoms with van der Waals surface area (Å²) in [5, 5.41) is 2.09. The molecule has 0 spiro atoms. The van der Waals surface area contributed by atoms with Gasteiger partial charge >= 0.3 is 0 Å². The lowest BCUT2D eigenvalue weighted by Gasteiger charge is -2.32. The van der Waals surface area contributed by atoms with Crippen molar-refractivity contribution in [2.45, 2.75) is 38.3 Å². The van der Waals surface area contributed by atoms with Crippen LogP contribution in [-0.2, 0) is 22.5 Å². The third-order valence-electron chi connectivity index (χ3n) is 5.51. The minimum absolute atomic E-state index is 0.167. The van der Waals surface area contributed by atoms with Gasteiger partial charge in [-0.3, -0.25) is 9.69 Å². The molecule has 0 radical (unpaired) electrons. The van der Waals surface area contributed by atoms with Crippen molar-refractivity contribution in [3.8, 4) is 5.75 Å². The number of benzene rings is 1. The maximum absolute atomic E-state index is 13.2. The number of thiophene rings is 1. The summed E-state index contributed by atoms with van der Waals surface area (Å²) in [7, 11) is 1.68. The van der Waals surface area contributed by atoms with E-state index in [2.05, 4.69) is 28.5 Å². The lowest BCUT2D eigenvalue weighted by Crippen LogP contribution is -2.44. The van der Waals surface area contributed by atoms with E-state index in [0.717, 1.165) is 63.4 Å². The number of fused-ring (bicyclic) bond motifs is 1. The van der Waals surface area contributed by atoms with Gasteiger partial charge in [0.05, 0.1) is 19.8 Å². The highest BCUT2D eigenvalue weighted by atomic mass is 32.1. The molecule has 1 aromatic heterocycles. The summed E-state index contributed by atoms with van der Waals surface area (Å²) in [6, 6.07) is 10.2. The van der Waals surface area contributed by atoms with Crippen LogP contribution in [0.3, 0.4) is 0 Å². The van der Waals surface area contributed by atoms with Gasteiger partial charge in [0, 0.05) is 36.8 Å². The van der Waals surface area contributed by atoms with Crippen molar-refractivity contribution in [2.75, 3.05) is 38.3 Å². The number of aryl methyl sites for hydroxylation is 1. The van der Waals surface area contributed by atoms with Gasteiger partial charge in [0.25, 0.3) is 0 Å². The largest absolute Gasteiger partial charge is 0.497 e. The molecular weight excluding hydrogens is 372 g/mol. The van der Waals surface area contributed by atoms with Gasteiger partial charge in [-0.1, -0.05) is 6.07 Å². The minimum Gasteiger partial charge on any atom is -0.497 e. The zero-order valence-electron chi connectivity index (χ0n) is 16.4.